The van der Waals surface area contributed by atoms with E-state index in [0.717, 1.165) is 68.4 Å². The lowest BCUT2D eigenvalue weighted by Gasteiger charge is -2.29. The number of fused-ring (bicyclic) bond motifs is 2. The predicted octanol–water partition coefficient (Wildman–Crippen LogP) is 5.18. The molecule has 2 aromatic heterocycles. The second-order valence-corrected chi connectivity index (χ2v) is 9.91. The molecule has 4 heterocycles. The standard InChI is InChI=1S/C28H27N5O3S/c1-29-28-18(4-3-9-30-28)17-31-19-7-8-23-25(14-19)37-24-6-2-5-21(27(24)36-23)22-15-20(16-26(34)32-22)33-10-12-35-13-11-33/h2-9,14-16,31H,10-13,17H2,1H3,(H,29,30)(H,32,34). The highest BCUT2D eigenvalue weighted by Crippen LogP contribution is 2.51. The van der Waals surface area contributed by atoms with Crippen LogP contribution in [0.1, 0.15) is 5.56 Å². The zero-order valence-corrected chi connectivity index (χ0v) is 21.2. The summed E-state index contributed by atoms with van der Waals surface area (Å²) < 4.78 is 11.9. The van der Waals surface area contributed by atoms with Gasteiger partial charge in [-0.2, -0.15) is 0 Å². The van der Waals surface area contributed by atoms with Crippen molar-refractivity contribution in [2.75, 3.05) is 48.9 Å². The molecule has 37 heavy (non-hydrogen) atoms. The van der Waals surface area contributed by atoms with Gasteiger partial charge in [0.2, 0.25) is 5.56 Å². The molecule has 0 bridgehead atoms. The molecule has 2 aromatic carbocycles. The van der Waals surface area contributed by atoms with Gasteiger partial charge in [0, 0.05) is 61.4 Å². The third-order valence-corrected chi connectivity index (χ3v) is 7.54. The van der Waals surface area contributed by atoms with Crippen molar-refractivity contribution in [1.82, 2.24) is 9.97 Å². The molecule has 1 saturated heterocycles. The summed E-state index contributed by atoms with van der Waals surface area (Å²) in [6, 6.07) is 19.8. The molecule has 0 unspecified atom stereocenters. The summed E-state index contributed by atoms with van der Waals surface area (Å²) >= 11 is 1.66. The molecule has 2 aliphatic heterocycles. The van der Waals surface area contributed by atoms with E-state index in [9.17, 15) is 4.79 Å². The van der Waals surface area contributed by atoms with Crippen LogP contribution in [-0.4, -0.2) is 43.3 Å². The van der Waals surface area contributed by atoms with E-state index in [1.54, 1.807) is 24.0 Å². The minimum absolute atomic E-state index is 0.133. The number of aromatic nitrogens is 2. The Morgan fingerprint density at radius 2 is 1.95 bits per heavy atom. The van der Waals surface area contributed by atoms with Crippen LogP contribution < -0.4 is 25.8 Å². The first-order valence-electron chi connectivity index (χ1n) is 12.2. The highest BCUT2D eigenvalue weighted by atomic mass is 32.2. The van der Waals surface area contributed by atoms with Gasteiger partial charge in [-0.1, -0.05) is 23.9 Å². The van der Waals surface area contributed by atoms with Gasteiger partial charge in [-0.3, -0.25) is 4.79 Å². The molecule has 8 nitrogen and oxygen atoms in total. The van der Waals surface area contributed by atoms with Gasteiger partial charge in [-0.15, -0.1) is 0 Å². The maximum absolute atomic E-state index is 12.6. The van der Waals surface area contributed by atoms with Gasteiger partial charge >= 0.3 is 0 Å². The first kappa shape index (κ1) is 23.4. The molecule has 0 aliphatic carbocycles. The van der Waals surface area contributed by atoms with Crippen molar-refractivity contribution in [3.8, 4) is 22.8 Å². The Bertz CT molecular complexity index is 1500. The summed E-state index contributed by atoms with van der Waals surface area (Å²) in [5.41, 5.74) is 4.46. The average molecular weight is 514 g/mol. The number of anilines is 3. The molecule has 9 heteroatoms. The number of morpholine rings is 1. The molecule has 0 amide bonds. The van der Waals surface area contributed by atoms with E-state index in [2.05, 4.69) is 37.6 Å². The molecule has 0 spiro atoms. The quantitative estimate of drug-likeness (QED) is 0.286. The van der Waals surface area contributed by atoms with Gasteiger partial charge in [0.05, 0.1) is 28.7 Å². The van der Waals surface area contributed by atoms with Crippen molar-refractivity contribution in [2.24, 2.45) is 0 Å². The maximum Gasteiger partial charge on any atom is 0.250 e. The maximum atomic E-state index is 12.6. The molecule has 0 atom stereocenters. The Morgan fingerprint density at radius 1 is 1.05 bits per heavy atom. The van der Waals surface area contributed by atoms with E-state index < -0.39 is 0 Å². The fraction of sp³-hybridized carbons (Fsp3) is 0.214. The fourth-order valence-electron chi connectivity index (χ4n) is 4.61. The number of ether oxygens (including phenoxy) is 2. The fourth-order valence-corrected chi connectivity index (χ4v) is 5.63. The van der Waals surface area contributed by atoms with Crippen LogP contribution >= 0.6 is 11.8 Å². The van der Waals surface area contributed by atoms with E-state index >= 15 is 0 Å². The van der Waals surface area contributed by atoms with Crippen LogP contribution in [0.15, 0.2) is 81.4 Å². The number of benzene rings is 2. The second-order valence-electron chi connectivity index (χ2n) is 8.83. The smallest absolute Gasteiger partial charge is 0.250 e. The van der Waals surface area contributed by atoms with E-state index in [0.29, 0.717) is 19.8 Å². The Balaban J connectivity index is 1.26. The number of nitrogens with one attached hydrogen (secondary N) is 3. The molecule has 0 radical (unpaired) electrons. The number of aromatic amines is 1. The van der Waals surface area contributed by atoms with E-state index in [1.165, 1.54) is 0 Å². The lowest BCUT2D eigenvalue weighted by Crippen LogP contribution is -2.36. The summed E-state index contributed by atoms with van der Waals surface area (Å²) in [6.07, 6.45) is 1.78. The van der Waals surface area contributed by atoms with Gasteiger partial charge < -0.3 is 30.0 Å². The van der Waals surface area contributed by atoms with Gasteiger partial charge in [0.1, 0.15) is 11.6 Å². The molecule has 2 aliphatic rings. The Labute approximate surface area is 219 Å². The van der Waals surface area contributed by atoms with Crippen LogP contribution in [0.4, 0.5) is 17.2 Å². The van der Waals surface area contributed by atoms with Crippen molar-refractivity contribution < 1.29 is 9.47 Å². The Morgan fingerprint density at radius 3 is 2.81 bits per heavy atom. The number of hydrogen-bond acceptors (Lipinski definition) is 8. The summed E-state index contributed by atoms with van der Waals surface area (Å²) in [6.45, 7) is 3.51. The minimum atomic E-state index is -0.133. The molecule has 0 saturated carbocycles. The number of hydrogen-bond donors (Lipinski definition) is 3. The average Bonchev–Trinajstić information content (AvgIpc) is 2.95. The zero-order chi connectivity index (χ0) is 25.2. The Kier molecular flexibility index (Phi) is 6.46. The predicted molar refractivity (Wildman–Crippen MR) is 147 cm³/mol. The molecule has 6 rings (SSSR count). The van der Waals surface area contributed by atoms with Gasteiger partial charge in [0.25, 0.3) is 0 Å². The van der Waals surface area contributed by atoms with Crippen LogP contribution in [0, 0.1) is 0 Å². The molecular formula is C28H27N5O3S. The lowest BCUT2D eigenvalue weighted by atomic mass is 10.1. The number of para-hydroxylation sites is 1. The summed E-state index contributed by atoms with van der Waals surface area (Å²) in [7, 11) is 1.87. The number of pyridine rings is 2. The van der Waals surface area contributed by atoms with Gasteiger partial charge in [0.15, 0.2) is 5.75 Å². The van der Waals surface area contributed by atoms with E-state index in [1.807, 2.05) is 49.5 Å². The largest absolute Gasteiger partial charge is 0.454 e. The molecule has 1 fully saturated rings. The Hall–Kier alpha value is -3.95. The number of rotatable bonds is 6. The lowest BCUT2D eigenvalue weighted by molar-refractivity contribution is 0.122. The third kappa shape index (κ3) is 4.87. The van der Waals surface area contributed by atoms with Crippen LogP contribution in [0.2, 0.25) is 0 Å². The van der Waals surface area contributed by atoms with E-state index in [-0.39, 0.29) is 5.56 Å². The van der Waals surface area contributed by atoms with Gasteiger partial charge in [-0.05, 0) is 42.5 Å². The topological polar surface area (TPSA) is 91.5 Å². The summed E-state index contributed by atoms with van der Waals surface area (Å²) in [5.74, 6) is 2.41. The van der Waals surface area contributed by atoms with Gasteiger partial charge in [-0.25, -0.2) is 4.98 Å². The number of nitrogens with zero attached hydrogens (tertiary/aromatic N) is 2. The van der Waals surface area contributed by atoms with Crippen LogP contribution in [0.25, 0.3) is 11.3 Å². The second kappa shape index (κ2) is 10.2. The van der Waals surface area contributed by atoms with Crippen LogP contribution in [0.5, 0.6) is 11.5 Å². The number of H-pyrrole nitrogens is 1. The zero-order valence-electron chi connectivity index (χ0n) is 20.4. The van der Waals surface area contributed by atoms with Crippen LogP contribution in [0.3, 0.4) is 0 Å². The van der Waals surface area contributed by atoms with Crippen molar-refractivity contribution in [3.05, 3.63) is 82.8 Å². The molecule has 3 N–H and O–H groups in total. The highest BCUT2D eigenvalue weighted by Gasteiger charge is 2.23. The monoisotopic (exact) mass is 513 g/mol. The van der Waals surface area contributed by atoms with Crippen molar-refractivity contribution in [2.45, 2.75) is 16.3 Å². The molecule has 4 aromatic rings. The van der Waals surface area contributed by atoms with Crippen molar-refractivity contribution in [1.29, 1.82) is 0 Å². The normalized spacial score (nSPS) is 14.4. The SMILES string of the molecule is CNc1ncccc1CNc1ccc2c(c1)Sc1cccc(-c3cc(N4CCOCC4)cc(=O)[nH]3)c1O2. The highest BCUT2D eigenvalue weighted by molar-refractivity contribution is 7.99. The van der Waals surface area contributed by atoms with Crippen LogP contribution in [-0.2, 0) is 11.3 Å². The minimum Gasteiger partial charge on any atom is -0.454 e. The first-order valence-corrected chi connectivity index (χ1v) is 13.1. The summed E-state index contributed by atoms with van der Waals surface area (Å²) in [4.78, 5) is 24.2. The molecule has 188 valence electrons. The van der Waals surface area contributed by atoms with Crippen molar-refractivity contribution in [3.63, 3.8) is 0 Å². The van der Waals surface area contributed by atoms with Crippen molar-refractivity contribution >= 4 is 29.0 Å². The third-order valence-electron chi connectivity index (χ3n) is 6.46. The summed E-state index contributed by atoms with van der Waals surface area (Å²) in [5, 5.41) is 6.62. The first-order chi connectivity index (χ1) is 18.2. The van der Waals surface area contributed by atoms with E-state index in [4.69, 9.17) is 9.47 Å². The molecular weight excluding hydrogens is 486 g/mol.